The number of ketones is 1. The highest BCUT2D eigenvalue weighted by Gasteiger charge is 2.11. The molecule has 2 rings (SSSR count). The van der Waals surface area contributed by atoms with Crippen molar-refractivity contribution >= 4 is 33.0 Å². The van der Waals surface area contributed by atoms with Crippen molar-refractivity contribution in [3.8, 4) is 0 Å². The topological polar surface area (TPSA) is 71.9 Å². The Balaban J connectivity index is 2.30. The fourth-order valence-electron chi connectivity index (χ4n) is 1.43. The van der Waals surface area contributed by atoms with Crippen molar-refractivity contribution in [2.75, 3.05) is 0 Å². The summed E-state index contributed by atoms with van der Waals surface area (Å²) >= 11 is 4.58. The van der Waals surface area contributed by atoms with Crippen molar-refractivity contribution < 1.29 is 4.79 Å². The van der Waals surface area contributed by atoms with Crippen LogP contribution in [0.3, 0.4) is 0 Å². The Morgan fingerprint density at radius 2 is 2.17 bits per heavy atom. The Morgan fingerprint density at radius 1 is 1.44 bits per heavy atom. The Bertz CT molecular complexity index is 714. The van der Waals surface area contributed by atoms with Crippen molar-refractivity contribution in [2.45, 2.75) is 13.5 Å². The van der Waals surface area contributed by atoms with Gasteiger partial charge in [0, 0.05) is 11.8 Å². The van der Waals surface area contributed by atoms with E-state index in [9.17, 15) is 14.4 Å². The van der Waals surface area contributed by atoms with E-state index >= 15 is 0 Å². The van der Waals surface area contributed by atoms with Crippen LogP contribution in [0.4, 0.5) is 0 Å². The molecule has 0 atom stereocenters. The first-order chi connectivity index (χ1) is 8.47. The van der Waals surface area contributed by atoms with E-state index in [0.29, 0.717) is 10.4 Å². The molecule has 0 saturated carbocycles. The number of thiophene rings is 1. The van der Waals surface area contributed by atoms with E-state index in [4.69, 9.17) is 0 Å². The van der Waals surface area contributed by atoms with E-state index in [1.807, 2.05) is 0 Å². The predicted octanol–water partition coefficient (Wildman–Crippen LogP) is 1.55. The molecule has 2 aromatic rings. The molecule has 0 aromatic carbocycles. The van der Waals surface area contributed by atoms with Crippen LogP contribution in [-0.4, -0.2) is 15.3 Å². The number of H-pyrrole nitrogens is 1. The van der Waals surface area contributed by atoms with Gasteiger partial charge in [0.15, 0.2) is 5.78 Å². The first kappa shape index (κ1) is 13.0. The van der Waals surface area contributed by atoms with E-state index in [-0.39, 0.29) is 12.3 Å². The molecule has 0 aliphatic rings. The Hall–Kier alpha value is -1.47. The zero-order chi connectivity index (χ0) is 13.3. The maximum atomic E-state index is 11.9. The van der Waals surface area contributed by atoms with Gasteiger partial charge in [0.05, 0.1) is 15.2 Å². The first-order valence-electron chi connectivity index (χ1n) is 5.06. The summed E-state index contributed by atoms with van der Waals surface area (Å²) < 4.78 is 2.06. The van der Waals surface area contributed by atoms with Gasteiger partial charge in [0.25, 0.3) is 5.56 Å². The van der Waals surface area contributed by atoms with Gasteiger partial charge < -0.3 is 0 Å². The lowest BCUT2D eigenvalue weighted by Crippen LogP contribution is -2.32. The van der Waals surface area contributed by atoms with Crippen LogP contribution < -0.4 is 11.2 Å². The van der Waals surface area contributed by atoms with Crippen molar-refractivity contribution in [3.63, 3.8) is 0 Å². The number of Topliss-reactive ketones (excluding diaryl/α,β-unsaturated/α-hetero) is 1. The van der Waals surface area contributed by atoms with Gasteiger partial charge in [-0.3, -0.25) is 19.1 Å². The SMILES string of the molecule is Cc1cn(CC(=O)c2ccc(Br)s2)c(=O)[nH]c1=O. The second-order valence-corrected chi connectivity index (χ2v) is 6.19. The molecular weight excluding hydrogens is 320 g/mol. The maximum Gasteiger partial charge on any atom is 0.328 e. The van der Waals surface area contributed by atoms with Gasteiger partial charge in [0.2, 0.25) is 0 Å². The van der Waals surface area contributed by atoms with Gasteiger partial charge in [-0.25, -0.2) is 4.79 Å². The van der Waals surface area contributed by atoms with Crippen LogP contribution in [0, 0.1) is 6.92 Å². The number of nitrogens with one attached hydrogen (secondary N) is 1. The molecule has 2 aromatic heterocycles. The summed E-state index contributed by atoms with van der Waals surface area (Å²) in [6.45, 7) is 1.50. The first-order valence-corrected chi connectivity index (χ1v) is 6.67. The lowest BCUT2D eigenvalue weighted by atomic mass is 10.3. The second-order valence-electron chi connectivity index (χ2n) is 3.73. The highest BCUT2D eigenvalue weighted by Crippen LogP contribution is 2.22. The normalized spacial score (nSPS) is 10.6. The Morgan fingerprint density at radius 3 is 2.78 bits per heavy atom. The van der Waals surface area contributed by atoms with E-state index in [1.165, 1.54) is 22.1 Å². The fourth-order valence-corrected chi connectivity index (χ4v) is 2.75. The van der Waals surface area contributed by atoms with E-state index < -0.39 is 11.2 Å². The fraction of sp³-hybridized carbons (Fsp3) is 0.182. The zero-order valence-electron chi connectivity index (χ0n) is 9.40. The molecule has 94 valence electrons. The molecule has 0 bridgehead atoms. The predicted molar refractivity (Wildman–Crippen MR) is 72.4 cm³/mol. The van der Waals surface area contributed by atoms with Crippen LogP contribution in [0.15, 0.2) is 31.7 Å². The molecule has 0 saturated heterocycles. The molecule has 0 aliphatic carbocycles. The van der Waals surface area contributed by atoms with Gasteiger partial charge in [-0.15, -0.1) is 11.3 Å². The molecule has 1 N–H and O–H groups in total. The second kappa shape index (κ2) is 5.03. The molecule has 0 unspecified atom stereocenters. The zero-order valence-corrected chi connectivity index (χ0v) is 11.8. The number of rotatable bonds is 3. The summed E-state index contributed by atoms with van der Waals surface area (Å²) in [4.78, 5) is 37.4. The summed E-state index contributed by atoms with van der Waals surface area (Å²) in [5.41, 5.74) is -0.605. The minimum atomic E-state index is -0.574. The average molecular weight is 329 g/mol. The Kier molecular flexibility index (Phi) is 3.63. The van der Waals surface area contributed by atoms with Crippen LogP contribution >= 0.6 is 27.3 Å². The van der Waals surface area contributed by atoms with Gasteiger partial charge in [0.1, 0.15) is 0 Å². The lowest BCUT2D eigenvalue weighted by molar-refractivity contribution is 0.0974. The highest BCUT2D eigenvalue weighted by atomic mass is 79.9. The number of aryl methyl sites for hydroxylation is 1. The molecule has 0 fully saturated rings. The molecule has 2 heterocycles. The van der Waals surface area contributed by atoms with Crippen LogP contribution in [0.25, 0.3) is 0 Å². The molecule has 5 nitrogen and oxygen atoms in total. The van der Waals surface area contributed by atoms with Crippen molar-refractivity contribution in [1.29, 1.82) is 0 Å². The standard InChI is InChI=1S/C11H9BrN2O3S/c1-6-4-14(11(17)13-10(6)16)5-7(15)8-2-3-9(12)18-8/h2-4H,5H2,1H3,(H,13,16,17). The third-order valence-electron chi connectivity index (χ3n) is 2.35. The quantitative estimate of drug-likeness (QED) is 0.869. The van der Waals surface area contributed by atoms with Gasteiger partial charge in [-0.2, -0.15) is 0 Å². The molecule has 7 heteroatoms. The molecule has 0 amide bonds. The smallest absolute Gasteiger partial charge is 0.292 e. The number of carbonyl (C=O) groups is 1. The summed E-state index contributed by atoms with van der Waals surface area (Å²) in [7, 11) is 0. The summed E-state index contributed by atoms with van der Waals surface area (Å²) in [6.07, 6.45) is 1.39. The number of hydrogen-bond acceptors (Lipinski definition) is 4. The number of aromatic amines is 1. The lowest BCUT2D eigenvalue weighted by Gasteiger charge is -2.03. The summed E-state index contributed by atoms with van der Waals surface area (Å²) in [5.74, 6) is -0.167. The van der Waals surface area contributed by atoms with Crippen LogP contribution in [0.1, 0.15) is 15.2 Å². The number of halogens is 1. The van der Waals surface area contributed by atoms with E-state index in [2.05, 4.69) is 20.9 Å². The minimum Gasteiger partial charge on any atom is -0.292 e. The molecule has 0 spiro atoms. The number of nitrogens with zero attached hydrogens (tertiary/aromatic N) is 1. The number of aromatic nitrogens is 2. The van der Waals surface area contributed by atoms with Gasteiger partial charge in [-0.1, -0.05) is 0 Å². The molecule has 0 aliphatic heterocycles. The van der Waals surface area contributed by atoms with Crippen LogP contribution in [0.2, 0.25) is 0 Å². The molecular formula is C11H9BrN2O3S. The van der Waals surface area contributed by atoms with Gasteiger partial charge >= 0.3 is 5.69 Å². The third-order valence-corrected chi connectivity index (χ3v) is 4.02. The van der Waals surface area contributed by atoms with Crippen LogP contribution in [0.5, 0.6) is 0 Å². The van der Waals surface area contributed by atoms with E-state index in [1.54, 1.807) is 19.1 Å². The molecule has 18 heavy (non-hydrogen) atoms. The largest absolute Gasteiger partial charge is 0.328 e. The molecule has 0 radical (unpaired) electrons. The minimum absolute atomic E-state index is 0.0800. The maximum absolute atomic E-state index is 11.9. The van der Waals surface area contributed by atoms with E-state index in [0.717, 1.165) is 3.79 Å². The van der Waals surface area contributed by atoms with Crippen molar-refractivity contribution in [3.05, 3.63) is 53.4 Å². The van der Waals surface area contributed by atoms with Crippen molar-refractivity contribution in [1.82, 2.24) is 9.55 Å². The number of carbonyl (C=O) groups excluding carboxylic acids is 1. The third kappa shape index (κ3) is 2.68. The van der Waals surface area contributed by atoms with Crippen molar-refractivity contribution in [2.24, 2.45) is 0 Å². The summed E-state index contributed by atoms with van der Waals surface area (Å²) in [5, 5.41) is 0. The van der Waals surface area contributed by atoms with Crippen LogP contribution in [-0.2, 0) is 6.54 Å². The highest BCUT2D eigenvalue weighted by molar-refractivity contribution is 9.11. The average Bonchev–Trinajstić information content (AvgIpc) is 2.73. The number of hydrogen-bond donors (Lipinski definition) is 1. The summed E-state index contributed by atoms with van der Waals surface area (Å²) in [6, 6.07) is 3.47. The Labute approximate surface area is 114 Å². The monoisotopic (exact) mass is 328 g/mol. The van der Waals surface area contributed by atoms with Gasteiger partial charge in [-0.05, 0) is 35.0 Å².